The van der Waals surface area contributed by atoms with Gasteiger partial charge in [-0.15, -0.1) is 0 Å². The highest BCUT2D eigenvalue weighted by molar-refractivity contribution is 7.91. The Bertz CT molecular complexity index is 425. The number of nitrogens with one attached hydrogen (secondary N) is 1. The Morgan fingerprint density at radius 2 is 2.26 bits per heavy atom. The Hall–Kier alpha value is -0.700. The predicted octanol–water partition coefficient (Wildman–Crippen LogP) is -2.02. The zero-order valence-corrected chi connectivity index (χ0v) is 11.6. The number of aliphatic hydroxyl groups is 1. The van der Waals surface area contributed by atoms with E-state index >= 15 is 0 Å². The van der Waals surface area contributed by atoms with Gasteiger partial charge >= 0.3 is 0 Å². The van der Waals surface area contributed by atoms with Crippen molar-refractivity contribution in [3.8, 4) is 0 Å². The summed E-state index contributed by atoms with van der Waals surface area (Å²) in [6, 6.07) is -0.432. The highest BCUT2D eigenvalue weighted by Crippen LogP contribution is 2.11. The van der Waals surface area contributed by atoms with Crippen molar-refractivity contribution in [3.63, 3.8) is 0 Å². The number of morpholine rings is 1. The summed E-state index contributed by atoms with van der Waals surface area (Å²) in [6.07, 6.45) is 0.487. The van der Waals surface area contributed by atoms with E-state index in [0.29, 0.717) is 26.2 Å². The Balaban J connectivity index is 1.80. The zero-order chi connectivity index (χ0) is 13.9. The SMILES string of the molecule is O=C(CN1CCOCC1CO)NC1CCS(=O)(=O)C1. The number of hydrogen-bond donors (Lipinski definition) is 2. The molecular weight excluding hydrogens is 272 g/mol. The van der Waals surface area contributed by atoms with E-state index in [1.165, 1.54) is 0 Å². The first-order valence-electron chi connectivity index (χ1n) is 6.42. The lowest BCUT2D eigenvalue weighted by atomic mass is 10.2. The normalized spacial score (nSPS) is 31.2. The fourth-order valence-corrected chi connectivity index (χ4v) is 4.11. The molecule has 2 N–H and O–H groups in total. The second-order valence-corrected chi connectivity index (χ2v) is 7.28. The molecule has 0 saturated carbocycles. The van der Waals surface area contributed by atoms with Gasteiger partial charge in [0.25, 0.3) is 0 Å². The number of aliphatic hydroxyl groups excluding tert-OH is 1. The van der Waals surface area contributed by atoms with Crippen molar-refractivity contribution in [1.29, 1.82) is 0 Å². The lowest BCUT2D eigenvalue weighted by molar-refractivity contribution is -0.125. The maximum atomic E-state index is 11.9. The average molecular weight is 292 g/mol. The molecular formula is C11H20N2O5S. The average Bonchev–Trinajstić information content (AvgIpc) is 2.69. The summed E-state index contributed by atoms with van der Waals surface area (Å²) in [7, 11) is -2.98. The molecule has 0 aromatic heterocycles. The Labute approximate surface area is 112 Å². The van der Waals surface area contributed by atoms with Crippen LogP contribution < -0.4 is 5.32 Å². The zero-order valence-electron chi connectivity index (χ0n) is 10.7. The molecule has 7 nitrogen and oxygen atoms in total. The molecule has 2 aliphatic heterocycles. The molecule has 0 spiro atoms. The van der Waals surface area contributed by atoms with Crippen molar-refractivity contribution in [3.05, 3.63) is 0 Å². The monoisotopic (exact) mass is 292 g/mol. The smallest absolute Gasteiger partial charge is 0.234 e. The van der Waals surface area contributed by atoms with Gasteiger partial charge in [-0.3, -0.25) is 9.69 Å². The lowest BCUT2D eigenvalue weighted by Gasteiger charge is -2.33. The van der Waals surface area contributed by atoms with E-state index in [2.05, 4.69) is 5.32 Å². The number of hydrogen-bond acceptors (Lipinski definition) is 6. The molecule has 2 unspecified atom stereocenters. The molecule has 2 heterocycles. The summed E-state index contributed by atoms with van der Waals surface area (Å²) in [5.41, 5.74) is 0. The second kappa shape index (κ2) is 6.17. The molecule has 2 saturated heterocycles. The first-order chi connectivity index (χ1) is 9.00. The molecule has 19 heavy (non-hydrogen) atoms. The van der Waals surface area contributed by atoms with Crippen LogP contribution in [0, 0.1) is 0 Å². The topological polar surface area (TPSA) is 95.9 Å². The van der Waals surface area contributed by atoms with E-state index in [-0.39, 0.29) is 42.6 Å². The van der Waals surface area contributed by atoms with Gasteiger partial charge in [-0.2, -0.15) is 0 Å². The van der Waals surface area contributed by atoms with E-state index in [1.54, 1.807) is 0 Å². The molecule has 1 amide bonds. The molecule has 0 bridgehead atoms. The summed E-state index contributed by atoms with van der Waals surface area (Å²) >= 11 is 0. The van der Waals surface area contributed by atoms with Crippen LogP contribution in [0.4, 0.5) is 0 Å². The summed E-state index contributed by atoms with van der Waals surface area (Å²) < 4.78 is 27.8. The Morgan fingerprint density at radius 1 is 1.47 bits per heavy atom. The molecule has 2 aliphatic rings. The minimum absolute atomic E-state index is 0.0330. The minimum Gasteiger partial charge on any atom is -0.395 e. The fourth-order valence-electron chi connectivity index (χ4n) is 2.43. The minimum atomic E-state index is -2.98. The van der Waals surface area contributed by atoms with Crippen LogP contribution in [0.1, 0.15) is 6.42 Å². The van der Waals surface area contributed by atoms with E-state index in [1.807, 2.05) is 4.90 Å². The van der Waals surface area contributed by atoms with Crippen molar-refractivity contribution in [2.24, 2.45) is 0 Å². The molecule has 0 aliphatic carbocycles. The molecule has 0 radical (unpaired) electrons. The first kappa shape index (κ1) is 14.7. The molecule has 0 aromatic carbocycles. The molecule has 2 fully saturated rings. The maximum absolute atomic E-state index is 11.9. The number of ether oxygens (including phenoxy) is 1. The summed E-state index contributed by atoms with van der Waals surface area (Å²) in [4.78, 5) is 13.7. The molecule has 110 valence electrons. The Kier molecular flexibility index (Phi) is 4.77. The Morgan fingerprint density at radius 3 is 2.89 bits per heavy atom. The summed E-state index contributed by atoms with van der Waals surface area (Å²) in [5.74, 6) is -0.0116. The standard InChI is InChI=1S/C11H20N2O5S/c14-6-10-7-18-3-2-13(10)5-11(15)12-9-1-4-19(16,17)8-9/h9-10,14H,1-8H2,(H,12,15). The van der Waals surface area contributed by atoms with E-state index < -0.39 is 9.84 Å². The van der Waals surface area contributed by atoms with Crippen LogP contribution in [-0.2, 0) is 19.4 Å². The van der Waals surface area contributed by atoms with Crippen LogP contribution in [0.2, 0.25) is 0 Å². The van der Waals surface area contributed by atoms with Gasteiger partial charge < -0.3 is 15.2 Å². The third-order valence-corrected chi connectivity index (χ3v) is 5.27. The van der Waals surface area contributed by atoms with Crippen LogP contribution in [0.5, 0.6) is 0 Å². The predicted molar refractivity (Wildman–Crippen MR) is 68.5 cm³/mol. The van der Waals surface area contributed by atoms with Crippen molar-refractivity contribution in [2.75, 3.05) is 44.4 Å². The number of rotatable bonds is 4. The van der Waals surface area contributed by atoms with E-state index in [9.17, 15) is 18.3 Å². The largest absolute Gasteiger partial charge is 0.395 e. The van der Waals surface area contributed by atoms with E-state index in [4.69, 9.17) is 4.74 Å². The number of sulfone groups is 1. The second-order valence-electron chi connectivity index (χ2n) is 5.05. The van der Waals surface area contributed by atoms with Crippen LogP contribution in [-0.4, -0.2) is 80.8 Å². The van der Waals surface area contributed by atoms with Gasteiger partial charge in [-0.05, 0) is 6.42 Å². The van der Waals surface area contributed by atoms with Gasteiger partial charge in [0.1, 0.15) is 0 Å². The fraction of sp³-hybridized carbons (Fsp3) is 0.909. The summed E-state index contributed by atoms with van der Waals surface area (Å²) in [6.45, 7) is 1.68. The van der Waals surface area contributed by atoms with Crippen LogP contribution in [0.3, 0.4) is 0 Å². The van der Waals surface area contributed by atoms with Gasteiger partial charge in [0.05, 0.1) is 43.9 Å². The van der Waals surface area contributed by atoms with Gasteiger partial charge in [0.2, 0.25) is 5.91 Å². The van der Waals surface area contributed by atoms with E-state index in [0.717, 1.165) is 0 Å². The van der Waals surface area contributed by atoms with Gasteiger partial charge in [0, 0.05) is 12.6 Å². The van der Waals surface area contributed by atoms with Crippen molar-refractivity contribution >= 4 is 15.7 Å². The number of amides is 1. The third-order valence-electron chi connectivity index (χ3n) is 3.50. The van der Waals surface area contributed by atoms with Gasteiger partial charge in [0.15, 0.2) is 9.84 Å². The third kappa shape index (κ3) is 4.13. The highest BCUT2D eigenvalue weighted by Gasteiger charge is 2.30. The van der Waals surface area contributed by atoms with Crippen LogP contribution in [0.15, 0.2) is 0 Å². The lowest BCUT2D eigenvalue weighted by Crippen LogP contribution is -2.52. The molecule has 2 rings (SSSR count). The van der Waals surface area contributed by atoms with Crippen LogP contribution in [0.25, 0.3) is 0 Å². The van der Waals surface area contributed by atoms with Crippen molar-refractivity contribution in [1.82, 2.24) is 10.2 Å². The maximum Gasteiger partial charge on any atom is 0.234 e. The first-order valence-corrected chi connectivity index (χ1v) is 8.25. The number of carbonyl (C=O) groups excluding carboxylic acids is 1. The van der Waals surface area contributed by atoms with Crippen LogP contribution >= 0.6 is 0 Å². The van der Waals surface area contributed by atoms with Gasteiger partial charge in [-0.1, -0.05) is 0 Å². The number of carbonyl (C=O) groups is 1. The quantitative estimate of drug-likeness (QED) is 0.621. The van der Waals surface area contributed by atoms with Gasteiger partial charge in [-0.25, -0.2) is 8.42 Å². The molecule has 2 atom stereocenters. The molecule has 8 heteroatoms. The number of nitrogens with zero attached hydrogens (tertiary/aromatic N) is 1. The van der Waals surface area contributed by atoms with Crippen molar-refractivity contribution in [2.45, 2.75) is 18.5 Å². The summed E-state index contributed by atoms with van der Waals surface area (Å²) in [5, 5.41) is 11.9. The molecule has 0 aromatic rings. The van der Waals surface area contributed by atoms with Crippen molar-refractivity contribution < 1.29 is 23.1 Å². The highest BCUT2D eigenvalue weighted by atomic mass is 32.2.